The van der Waals surface area contributed by atoms with Crippen molar-refractivity contribution in [1.29, 1.82) is 0 Å². The maximum atomic E-state index is 5.75. The van der Waals surface area contributed by atoms with E-state index in [0.29, 0.717) is 0 Å². The van der Waals surface area contributed by atoms with Gasteiger partial charge in [0, 0.05) is 5.69 Å². The molecule has 84 valence electrons. The molecule has 0 bridgehead atoms. The van der Waals surface area contributed by atoms with Gasteiger partial charge in [0.05, 0.1) is 0 Å². The number of hydrogen-bond acceptors (Lipinski definition) is 1. The summed E-state index contributed by atoms with van der Waals surface area (Å²) < 4.78 is 0. The topological polar surface area (TPSA) is 26.0 Å². The molecule has 2 aromatic rings. The molecule has 0 aromatic heterocycles. The van der Waals surface area contributed by atoms with Gasteiger partial charge in [-0.25, -0.2) is 0 Å². The van der Waals surface area contributed by atoms with Gasteiger partial charge in [-0.15, -0.1) is 0 Å². The Hall–Kier alpha value is -2.28. The fourth-order valence-corrected chi connectivity index (χ4v) is 1.85. The summed E-state index contributed by atoms with van der Waals surface area (Å²) in [5, 5.41) is 2.32. The zero-order valence-electron chi connectivity index (χ0n) is 9.69. The SMILES string of the molecule is C=C/C=C(\C=C)c1ccc2cc(N)ccc2c1. The van der Waals surface area contributed by atoms with E-state index in [9.17, 15) is 0 Å². The number of nitrogen functional groups attached to an aromatic ring is 1. The molecular formula is C16H15N. The predicted octanol–water partition coefficient (Wildman–Crippen LogP) is 4.18. The molecule has 0 atom stereocenters. The number of anilines is 1. The van der Waals surface area contributed by atoms with Crippen molar-refractivity contribution < 1.29 is 0 Å². The first-order valence-electron chi connectivity index (χ1n) is 5.49. The van der Waals surface area contributed by atoms with Crippen molar-refractivity contribution in [3.8, 4) is 0 Å². The van der Waals surface area contributed by atoms with Gasteiger partial charge in [-0.05, 0) is 40.1 Å². The summed E-state index contributed by atoms with van der Waals surface area (Å²) in [7, 11) is 0. The molecule has 0 saturated heterocycles. The fourth-order valence-electron chi connectivity index (χ4n) is 1.85. The lowest BCUT2D eigenvalue weighted by Gasteiger charge is -2.05. The van der Waals surface area contributed by atoms with Crippen LogP contribution in [0.1, 0.15) is 5.56 Å². The van der Waals surface area contributed by atoms with E-state index in [1.807, 2.05) is 30.4 Å². The van der Waals surface area contributed by atoms with Crippen molar-refractivity contribution in [1.82, 2.24) is 0 Å². The van der Waals surface area contributed by atoms with Crippen molar-refractivity contribution in [3.63, 3.8) is 0 Å². The van der Waals surface area contributed by atoms with Gasteiger partial charge in [-0.1, -0.05) is 49.6 Å². The van der Waals surface area contributed by atoms with Crippen LogP contribution in [-0.2, 0) is 0 Å². The third-order valence-corrected chi connectivity index (χ3v) is 2.71. The number of hydrogen-bond donors (Lipinski definition) is 1. The van der Waals surface area contributed by atoms with Crippen molar-refractivity contribution >= 4 is 22.0 Å². The summed E-state index contributed by atoms with van der Waals surface area (Å²) in [6.07, 6.45) is 5.55. The van der Waals surface area contributed by atoms with Gasteiger partial charge in [0.2, 0.25) is 0 Å². The molecule has 2 N–H and O–H groups in total. The largest absolute Gasteiger partial charge is 0.399 e. The van der Waals surface area contributed by atoms with E-state index in [1.54, 1.807) is 6.08 Å². The quantitative estimate of drug-likeness (QED) is 0.610. The van der Waals surface area contributed by atoms with E-state index >= 15 is 0 Å². The van der Waals surface area contributed by atoms with E-state index < -0.39 is 0 Å². The van der Waals surface area contributed by atoms with Gasteiger partial charge in [0.15, 0.2) is 0 Å². The zero-order chi connectivity index (χ0) is 12.3. The summed E-state index contributed by atoms with van der Waals surface area (Å²) in [6.45, 7) is 7.52. The molecule has 2 rings (SSSR count). The lowest BCUT2D eigenvalue weighted by Crippen LogP contribution is -1.85. The van der Waals surface area contributed by atoms with Gasteiger partial charge in [0.25, 0.3) is 0 Å². The van der Waals surface area contributed by atoms with E-state index in [-0.39, 0.29) is 0 Å². The summed E-state index contributed by atoms with van der Waals surface area (Å²) in [6, 6.07) is 12.2. The van der Waals surface area contributed by atoms with Gasteiger partial charge in [-0.3, -0.25) is 0 Å². The summed E-state index contributed by atoms with van der Waals surface area (Å²) in [4.78, 5) is 0. The molecule has 0 radical (unpaired) electrons. The second kappa shape index (κ2) is 4.71. The minimum Gasteiger partial charge on any atom is -0.399 e. The fraction of sp³-hybridized carbons (Fsp3) is 0. The first-order chi connectivity index (χ1) is 8.24. The molecule has 0 heterocycles. The van der Waals surface area contributed by atoms with Gasteiger partial charge in [0.1, 0.15) is 0 Å². The average molecular weight is 221 g/mol. The van der Waals surface area contributed by atoms with Crippen LogP contribution in [0.3, 0.4) is 0 Å². The number of fused-ring (bicyclic) bond motifs is 1. The lowest BCUT2D eigenvalue weighted by molar-refractivity contribution is 1.66. The van der Waals surface area contributed by atoms with Crippen LogP contribution in [0, 0.1) is 0 Å². The maximum absolute atomic E-state index is 5.75. The Morgan fingerprint density at radius 3 is 2.41 bits per heavy atom. The van der Waals surface area contributed by atoms with Crippen LogP contribution in [0.4, 0.5) is 5.69 Å². The highest BCUT2D eigenvalue weighted by Crippen LogP contribution is 2.23. The lowest BCUT2D eigenvalue weighted by atomic mass is 10.0. The van der Waals surface area contributed by atoms with E-state index in [1.165, 1.54) is 5.39 Å². The standard InChI is InChI=1S/C16H15N/c1-3-5-12(4-2)13-6-7-15-11-16(17)9-8-14(15)10-13/h3-11H,1-2,17H2/b12-5+. The van der Waals surface area contributed by atoms with E-state index in [4.69, 9.17) is 5.73 Å². The molecular weight excluding hydrogens is 206 g/mol. The molecule has 2 aromatic carbocycles. The van der Waals surface area contributed by atoms with Crippen molar-refractivity contribution in [3.05, 3.63) is 73.3 Å². The molecule has 1 heteroatoms. The normalized spacial score (nSPS) is 11.4. The van der Waals surface area contributed by atoms with Crippen LogP contribution in [0.2, 0.25) is 0 Å². The van der Waals surface area contributed by atoms with Crippen LogP contribution >= 0.6 is 0 Å². The molecule has 0 unspecified atom stereocenters. The summed E-state index contributed by atoms with van der Waals surface area (Å²) in [5.41, 5.74) is 8.75. The Morgan fingerprint density at radius 2 is 1.71 bits per heavy atom. The molecule has 0 amide bonds. The van der Waals surface area contributed by atoms with E-state index in [0.717, 1.165) is 22.2 Å². The van der Waals surface area contributed by atoms with Crippen LogP contribution in [0.25, 0.3) is 16.3 Å². The van der Waals surface area contributed by atoms with Gasteiger partial charge >= 0.3 is 0 Å². The van der Waals surface area contributed by atoms with Crippen LogP contribution in [0.15, 0.2) is 67.8 Å². The van der Waals surface area contributed by atoms with Crippen molar-refractivity contribution in [2.24, 2.45) is 0 Å². The summed E-state index contributed by atoms with van der Waals surface area (Å²) in [5.74, 6) is 0. The van der Waals surface area contributed by atoms with Gasteiger partial charge in [-0.2, -0.15) is 0 Å². The zero-order valence-corrected chi connectivity index (χ0v) is 9.69. The second-order valence-electron chi connectivity index (χ2n) is 3.88. The molecule has 0 fully saturated rings. The van der Waals surface area contributed by atoms with Crippen molar-refractivity contribution in [2.75, 3.05) is 5.73 Å². The molecule has 0 aliphatic rings. The number of benzene rings is 2. The number of nitrogens with two attached hydrogens (primary N) is 1. The molecule has 0 aliphatic carbocycles. The highest BCUT2D eigenvalue weighted by atomic mass is 14.5. The second-order valence-corrected chi connectivity index (χ2v) is 3.88. The van der Waals surface area contributed by atoms with Crippen LogP contribution in [-0.4, -0.2) is 0 Å². The first-order valence-corrected chi connectivity index (χ1v) is 5.49. The Morgan fingerprint density at radius 1 is 1.00 bits per heavy atom. The maximum Gasteiger partial charge on any atom is 0.0320 e. The monoisotopic (exact) mass is 221 g/mol. The van der Waals surface area contributed by atoms with Gasteiger partial charge < -0.3 is 5.73 Å². The minimum absolute atomic E-state index is 0.788. The molecule has 1 nitrogen and oxygen atoms in total. The first kappa shape index (κ1) is 11.2. The smallest absolute Gasteiger partial charge is 0.0320 e. The minimum atomic E-state index is 0.788. The summed E-state index contributed by atoms with van der Waals surface area (Å²) >= 11 is 0. The van der Waals surface area contributed by atoms with E-state index in [2.05, 4.69) is 31.4 Å². The average Bonchev–Trinajstić information content (AvgIpc) is 2.35. The molecule has 0 aliphatic heterocycles. The van der Waals surface area contributed by atoms with Crippen molar-refractivity contribution in [2.45, 2.75) is 0 Å². The predicted molar refractivity (Wildman–Crippen MR) is 76.7 cm³/mol. The Bertz CT molecular complexity index is 606. The highest BCUT2D eigenvalue weighted by molar-refractivity contribution is 5.89. The molecule has 0 saturated carbocycles. The Kier molecular flexibility index (Phi) is 3.10. The Labute approximate surface area is 102 Å². The number of rotatable bonds is 3. The third kappa shape index (κ3) is 2.28. The van der Waals surface area contributed by atoms with Crippen LogP contribution < -0.4 is 5.73 Å². The molecule has 17 heavy (non-hydrogen) atoms. The Balaban J connectivity index is 2.58. The number of allylic oxidation sites excluding steroid dienone is 4. The highest BCUT2D eigenvalue weighted by Gasteiger charge is 1.99. The third-order valence-electron chi connectivity index (χ3n) is 2.71. The van der Waals surface area contributed by atoms with Crippen LogP contribution in [0.5, 0.6) is 0 Å². The molecule has 0 spiro atoms.